The molecule has 0 bridgehead atoms. The fourth-order valence-corrected chi connectivity index (χ4v) is 3.64. The molecule has 0 N–H and O–H groups in total. The lowest BCUT2D eigenvalue weighted by Gasteiger charge is -2.34. The highest BCUT2D eigenvalue weighted by atomic mass is 15.7. The molecule has 0 radical (unpaired) electrons. The fraction of sp³-hybridized carbons (Fsp3) is 0.900. The third kappa shape index (κ3) is 4.97. The molecule has 1 aromatic rings. The van der Waals surface area contributed by atoms with Crippen molar-refractivity contribution in [1.82, 2.24) is 19.0 Å². The van der Waals surface area contributed by atoms with Crippen LogP contribution in [0.2, 0.25) is 0 Å². The molecular formula is C20H42N4. The highest BCUT2D eigenvalue weighted by Crippen LogP contribution is 2.17. The average Bonchev–Trinajstić information content (AvgIpc) is 2.57. The molecule has 0 amide bonds. The van der Waals surface area contributed by atoms with E-state index in [4.69, 9.17) is 0 Å². The molecule has 1 heterocycles. The van der Waals surface area contributed by atoms with Crippen LogP contribution in [-0.2, 0) is 39.0 Å². The summed E-state index contributed by atoms with van der Waals surface area (Å²) in [7, 11) is 0. The van der Waals surface area contributed by atoms with E-state index in [-0.39, 0.29) is 0 Å². The Morgan fingerprint density at radius 2 is 0.792 bits per heavy atom. The largest absolute Gasteiger partial charge is 0.272 e. The Bertz CT molecular complexity index is 361. The van der Waals surface area contributed by atoms with Crippen molar-refractivity contribution in [2.75, 3.05) is 0 Å². The maximum absolute atomic E-state index is 2.61. The monoisotopic (exact) mass is 338 g/mol. The zero-order valence-corrected chi connectivity index (χ0v) is 17.3. The fourth-order valence-electron chi connectivity index (χ4n) is 3.64. The molecule has 0 aliphatic heterocycles. The van der Waals surface area contributed by atoms with E-state index >= 15 is 0 Å². The number of nitrogens with zero attached hydrogens (tertiary/aromatic N) is 4. The Labute approximate surface area is 150 Å². The van der Waals surface area contributed by atoms with Gasteiger partial charge in [-0.2, -0.15) is 0 Å². The molecule has 0 atom stereocenters. The van der Waals surface area contributed by atoms with E-state index in [1.807, 2.05) is 0 Å². The van der Waals surface area contributed by atoms with Crippen LogP contribution in [0.15, 0.2) is 0 Å². The normalized spacial score (nSPS) is 11.2. The first-order valence-corrected chi connectivity index (χ1v) is 10.5. The number of aromatic nitrogens is 4. The van der Waals surface area contributed by atoms with Crippen molar-refractivity contribution >= 4 is 0 Å². The van der Waals surface area contributed by atoms with Crippen LogP contribution in [0.1, 0.15) is 91.5 Å². The van der Waals surface area contributed by atoms with E-state index in [0.29, 0.717) is 0 Å². The molecular weight excluding hydrogens is 296 g/mol. The predicted octanol–water partition coefficient (Wildman–Crippen LogP) is 5.56. The van der Waals surface area contributed by atoms with Gasteiger partial charge in [0, 0.05) is 13.1 Å². The third-order valence-electron chi connectivity index (χ3n) is 4.47. The third-order valence-corrected chi connectivity index (χ3v) is 4.47. The second-order valence-corrected chi connectivity index (χ2v) is 6.83. The van der Waals surface area contributed by atoms with Gasteiger partial charge < -0.3 is 0 Å². The van der Waals surface area contributed by atoms with Gasteiger partial charge in [0.1, 0.15) is 0 Å². The topological polar surface area (TPSA) is 19.7 Å². The first-order chi connectivity index (χ1) is 11.7. The van der Waals surface area contributed by atoms with Gasteiger partial charge in [0.15, 0.2) is 0 Å². The Morgan fingerprint density at radius 3 is 1.04 bits per heavy atom. The Morgan fingerprint density at radius 1 is 0.458 bits per heavy atom. The van der Waals surface area contributed by atoms with Crippen LogP contribution in [0.4, 0.5) is 0 Å². The van der Waals surface area contributed by atoms with E-state index in [2.05, 4.69) is 60.5 Å². The first-order valence-electron chi connectivity index (χ1n) is 10.5. The van der Waals surface area contributed by atoms with E-state index in [0.717, 1.165) is 26.2 Å². The lowest BCUT2D eigenvalue weighted by molar-refractivity contribution is 0.202. The van der Waals surface area contributed by atoms with Crippen molar-refractivity contribution in [3.63, 3.8) is 0 Å². The molecule has 0 fully saturated rings. The molecule has 0 spiro atoms. The van der Waals surface area contributed by atoms with E-state index < -0.39 is 0 Å². The van der Waals surface area contributed by atoms with Gasteiger partial charge in [-0.15, -0.1) is 0 Å². The minimum atomic E-state index is 1.10. The summed E-state index contributed by atoms with van der Waals surface area (Å²) in [4.78, 5) is 5.10. The zero-order valence-electron chi connectivity index (χ0n) is 17.3. The van der Waals surface area contributed by atoms with Gasteiger partial charge in [0.05, 0.1) is 24.5 Å². The molecule has 24 heavy (non-hydrogen) atoms. The molecule has 4 heteroatoms. The Kier molecular flexibility index (Phi) is 10.0. The van der Waals surface area contributed by atoms with Crippen molar-refractivity contribution in [3.05, 3.63) is 11.4 Å². The Hall–Kier alpha value is -1.06. The van der Waals surface area contributed by atoms with Crippen LogP contribution in [0.25, 0.3) is 0 Å². The highest BCUT2D eigenvalue weighted by molar-refractivity contribution is 5.12. The predicted molar refractivity (Wildman–Crippen MR) is 105 cm³/mol. The van der Waals surface area contributed by atoms with Crippen LogP contribution in [-0.4, -0.2) is 19.0 Å². The molecule has 1 aromatic heterocycles. The number of rotatable bonds is 12. The van der Waals surface area contributed by atoms with Crippen LogP contribution in [0.5, 0.6) is 0 Å². The van der Waals surface area contributed by atoms with Crippen LogP contribution < -0.4 is 0 Å². The van der Waals surface area contributed by atoms with Crippen LogP contribution >= 0.6 is 0 Å². The summed E-state index contributed by atoms with van der Waals surface area (Å²) in [6.07, 6.45) is 9.57. The summed E-state index contributed by atoms with van der Waals surface area (Å²) in [5.74, 6) is 0. The van der Waals surface area contributed by atoms with Gasteiger partial charge in [-0.3, -0.25) is 9.36 Å². The smallest absolute Gasteiger partial charge is 0.0579 e. The average molecular weight is 339 g/mol. The van der Waals surface area contributed by atoms with Crippen molar-refractivity contribution in [1.29, 1.82) is 0 Å². The van der Waals surface area contributed by atoms with Crippen molar-refractivity contribution < 1.29 is 0 Å². The molecule has 0 saturated heterocycles. The van der Waals surface area contributed by atoms with E-state index in [1.165, 1.54) is 51.4 Å². The standard InChI is InChI=1S/C20H42N4/c1-7-13-19-20(14-8-2)22(16-10-4)24(18-12-6)23(17-11-5)21(19)15-9-3/h7-18H2,1-6H3. The molecule has 0 aliphatic rings. The summed E-state index contributed by atoms with van der Waals surface area (Å²) >= 11 is 0. The van der Waals surface area contributed by atoms with Crippen LogP contribution in [0.3, 0.4) is 0 Å². The molecule has 0 unspecified atom stereocenters. The lowest BCUT2D eigenvalue weighted by Crippen LogP contribution is -2.38. The molecule has 142 valence electrons. The van der Waals surface area contributed by atoms with Gasteiger partial charge in [-0.25, -0.2) is 9.59 Å². The molecule has 0 aliphatic carbocycles. The lowest BCUT2D eigenvalue weighted by atomic mass is 10.1. The quantitative estimate of drug-likeness (QED) is 0.475. The summed E-state index contributed by atoms with van der Waals surface area (Å²) in [5.41, 5.74) is 3.16. The van der Waals surface area contributed by atoms with Gasteiger partial charge in [0.2, 0.25) is 0 Å². The van der Waals surface area contributed by atoms with Crippen molar-refractivity contribution in [2.45, 2.75) is 119 Å². The maximum atomic E-state index is 2.61. The first kappa shape index (κ1) is 21.0. The SMILES string of the molecule is CCCc1c(CCC)n(CCC)n(CCC)n(CCC)n1CCC. The van der Waals surface area contributed by atoms with Gasteiger partial charge in [0.25, 0.3) is 0 Å². The summed E-state index contributed by atoms with van der Waals surface area (Å²) in [6.45, 7) is 18.3. The molecule has 0 aromatic carbocycles. The summed E-state index contributed by atoms with van der Waals surface area (Å²) in [6, 6.07) is 0. The van der Waals surface area contributed by atoms with Gasteiger partial charge in [-0.1, -0.05) is 54.4 Å². The number of hydrogen-bond donors (Lipinski definition) is 0. The van der Waals surface area contributed by atoms with Gasteiger partial charge >= 0.3 is 0 Å². The molecule has 0 saturated carbocycles. The van der Waals surface area contributed by atoms with E-state index in [1.54, 1.807) is 11.4 Å². The van der Waals surface area contributed by atoms with Crippen molar-refractivity contribution in [3.8, 4) is 0 Å². The second kappa shape index (κ2) is 11.5. The minimum absolute atomic E-state index is 1.10. The highest BCUT2D eigenvalue weighted by Gasteiger charge is 2.17. The molecule has 4 nitrogen and oxygen atoms in total. The van der Waals surface area contributed by atoms with Gasteiger partial charge in [-0.05, 0) is 38.5 Å². The summed E-state index contributed by atoms with van der Waals surface area (Å²) in [5, 5.41) is 0. The number of hydrogen-bond acceptors (Lipinski definition) is 0. The maximum Gasteiger partial charge on any atom is 0.0579 e. The Balaban J connectivity index is 3.74. The van der Waals surface area contributed by atoms with Crippen molar-refractivity contribution in [2.24, 2.45) is 0 Å². The molecule has 1 rings (SSSR count). The second-order valence-electron chi connectivity index (χ2n) is 6.83. The van der Waals surface area contributed by atoms with Crippen LogP contribution in [0, 0.1) is 0 Å². The van der Waals surface area contributed by atoms with E-state index in [9.17, 15) is 0 Å². The minimum Gasteiger partial charge on any atom is -0.272 e. The zero-order chi connectivity index (χ0) is 17.9. The summed E-state index contributed by atoms with van der Waals surface area (Å²) < 4.78 is 5.22.